The van der Waals surface area contributed by atoms with Crippen molar-refractivity contribution in [2.75, 3.05) is 25.0 Å². The third-order valence-corrected chi connectivity index (χ3v) is 7.20. The van der Waals surface area contributed by atoms with Gasteiger partial charge >= 0.3 is 5.97 Å². The van der Waals surface area contributed by atoms with Gasteiger partial charge in [0.25, 0.3) is 0 Å². The number of likely N-dealkylation sites (tertiary alicyclic amines) is 1. The molecule has 2 aliphatic rings. The lowest BCUT2D eigenvalue weighted by Gasteiger charge is -2.24. The van der Waals surface area contributed by atoms with Gasteiger partial charge in [0.15, 0.2) is 0 Å². The molecule has 3 unspecified atom stereocenters. The standard InChI is InChI=1S/C28H41N3O3/c1-5-21(6-2)23(19-26(32)34-7-3)11-9-17-31-20(4)18-24(28(31)33)13-15-25-14-12-22-10-8-16-29-27(22)30-25/h5-6,12,14,20,23-24H,1,7-11,13,15-19H2,2-4H3,(H,29,30)/b21-6+. The number of esters is 1. The van der Waals surface area contributed by atoms with Gasteiger partial charge in [0.2, 0.25) is 5.91 Å². The second-order valence-electron chi connectivity index (χ2n) is 9.53. The Morgan fingerprint density at radius 3 is 2.97 bits per heavy atom. The number of amides is 1. The van der Waals surface area contributed by atoms with Crippen molar-refractivity contribution in [2.24, 2.45) is 11.8 Å². The first-order chi connectivity index (χ1) is 16.5. The molecule has 3 rings (SSSR count). The Morgan fingerprint density at radius 2 is 2.24 bits per heavy atom. The van der Waals surface area contributed by atoms with E-state index in [1.807, 2.05) is 30.9 Å². The van der Waals surface area contributed by atoms with E-state index >= 15 is 0 Å². The lowest BCUT2D eigenvalue weighted by Crippen LogP contribution is -2.33. The number of anilines is 1. The van der Waals surface area contributed by atoms with Gasteiger partial charge in [-0.1, -0.05) is 24.8 Å². The van der Waals surface area contributed by atoms with Crippen molar-refractivity contribution in [3.05, 3.63) is 47.7 Å². The highest BCUT2D eigenvalue weighted by molar-refractivity contribution is 5.81. The van der Waals surface area contributed by atoms with Gasteiger partial charge in [-0.3, -0.25) is 9.59 Å². The van der Waals surface area contributed by atoms with Crippen LogP contribution >= 0.6 is 0 Å². The average molecular weight is 468 g/mol. The minimum Gasteiger partial charge on any atom is -0.466 e. The first kappa shape index (κ1) is 26.0. The predicted octanol–water partition coefficient (Wildman–Crippen LogP) is 5.09. The van der Waals surface area contributed by atoms with E-state index in [1.165, 1.54) is 5.56 Å². The van der Waals surface area contributed by atoms with Gasteiger partial charge in [0.05, 0.1) is 13.0 Å². The summed E-state index contributed by atoms with van der Waals surface area (Å²) in [4.78, 5) is 32.0. The monoisotopic (exact) mass is 467 g/mol. The molecular weight excluding hydrogens is 426 g/mol. The lowest BCUT2D eigenvalue weighted by atomic mass is 9.90. The molecule has 1 aromatic heterocycles. The Kier molecular flexibility index (Phi) is 9.73. The average Bonchev–Trinajstić information content (AvgIpc) is 3.11. The molecule has 1 aromatic rings. The number of allylic oxidation sites excluding steroid dienone is 3. The van der Waals surface area contributed by atoms with Crippen molar-refractivity contribution in [3.8, 4) is 0 Å². The Hall–Kier alpha value is -2.63. The van der Waals surface area contributed by atoms with Crippen LogP contribution in [0.25, 0.3) is 0 Å². The van der Waals surface area contributed by atoms with E-state index < -0.39 is 0 Å². The summed E-state index contributed by atoms with van der Waals surface area (Å²) in [5.74, 6) is 1.25. The molecule has 186 valence electrons. The van der Waals surface area contributed by atoms with Crippen LogP contribution in [0.1, 0.15) is 70.6 Å². The maximum atomic E-state index is 13.1. The van der Waals surface area contributed by atoms with Gasteiger partial charge in [0, 0.05) is 30.7 Å². The van der Waals surface area contributed by atoms with E-state index in [2.05, 4.69) is 31.0 Å². The fourth-order valence-electron chi connectivity index (χ4n) is 5.33. The van der Waals surface area contributed by atoms with Gasteiger partial charge in [-0.2, -0.15) is 0 Å². The molecule has 0 bridgehead atoms. The molecule has 0 aliphatic carbocycles. The minimum absolute atomic E-state index is 0.0652. The van der Waals surface area contributed by atoms with Crippen molar-refractivity contribution in [1.29, 1.82) is 0 Å². The molecule has 2 aliphatic heterocycles. The number of carbonyl (C=O) groups is 2. The fourth-order valence-corrected chi connectivity index (χ4v) is 5.33. The summed E-state index contributed by atoms with van der Waals surface area (Å²) in [6.45, 7) is 12.0. The van der Waals surface area contributed by atoms with Crippen molar-refractivity contribution < 1.29 is 14.3 Å². The van der Waals surface area contributed by atoms with Crippen LogP contribution in [0.15, 0.2) is 36.4 Å². The van der Waals surface area contributed by atoms with Gasteiger partial charge in [-0.25, -0.2) is 4.98 Å². The van der Waals surface area contributed by atoms with E-state index in [4.69, 9.17) is 9.72 Å². The Labute approximate surface area is 204 Å². The molecule has 1 N–H and O–H groups in total. The topological polar surface area (TPSA) is 71.5 Å². The zero-order valence-electron chi connectivity index (χ0n) is 21.1. The quantitative estimate of drug-likeness (QED) is 0.342. The van der Waals surface area contributed by atoms with Gasteiger partial charge < -0.3 is 15.0 Å². The van der Waals surface area contributed by atoms with Crippen LogP contribution in [0, 0.1) is 11.8 Å². The number of fused-ring (bicyclic) bond motifs is 1. The van der Waals surface area contributed by atoms with E-state index in [9.17, 15) is 9.59 Å². The second kappa shape index (κ2) is 12.7. The first-order valence-electron chi connectivity index (χ1n) is 12.9. The van der Waals surface area contributed by atoms with Gasteiger partial charge in [-0.05, 0) is 88.8 Å². The van der Waals surface area contributed by atoms with Crippen LogP contribution < -0.4 is 5.32 Å². The number of aromatic nitrogens is 1. The zero-order valence-corrected chi connectivity index (χ0v) is 21.1. The SMILES string of the molecule is C=C/C(=C\C)C(CCCN1C(=O)C(CCc2ccc3c(n2)NCCC3)CC1C)CC(=O)OCC. The third kappa shape index (κ3) is 6.71. The summed E-state index contributed by atoms with van der Waals surface area (Å²) in [5, 5.41) is 3.40. The molecular formula is C28H41N3O3. The summed E-state index contributed by atoms with van der Waals surface area (Å²) < 4.78 is 5.16. The minimum atomic E-state index is -0.176. The highest BCUT2D eigenvalue weighted by Crippen LogP contribution is 2.30. The highest BCUT2D eigenvalue weighted by Gasteiger charge is 2.36. The maximum absolute atomic E-state index is 13.1. The Balaban J connectivity index is 1.51. The fraction of sp³-hybridized carbons (Fsp3) is 0.607. The Bertz CT molecular complexity index is 895. The predicted molar refractivity (Wildman–Crippen MR) is 137 cm³/mol. The Morgan fingerprint density at radius 1 is 1.41 bits per heavy atom. The highest BCUT2D eigenvalue weighted by atomic mass is 16.5. The second-order valence-corrected chi connectivity index (χ2v) is 9.53. The molecule has 3 heterocycles. The molecule has 0 radical (unpaired) electrons. The van der Waals surface area contributed by atoms with E-state index in [0.29, 0.717) is 13.0 Å². The van der Waals surface area contributed by atoms with Crippen LogP contribution in [0.5, 0.6) is 0 Å². The number of carbonyl (C=O) groups excluding carboxylic acids is 2. The number of ether oxygens (including phenoxy) is 1. The van der Waals surface area contributed by atoms with Crippen LogP contribution in [-0.4, -0.2) is 47.5 Å². The van der Waals surface area contributed by atoms with Crippen LogP contribution in [0.3, 0.4) is 0 Å². The molecule has 6 nitrogen and oxygen atoms in total. The summed E-state index contributed by atoms with van der Waals surface area (Å²) in [7, 11) is 0. The maximum Gasteiger partial charge on any atom is 0.306 e. The number of hydrogen-bond acceptors (Lipinski definition) is 5. The summed E-state index contributed by atoms with van der Waals surface area (Å²) in [5.41, 5.74) is 3.43. The van der Waals surface area contributed by atoms with Crippen molar-refractivity contribution in [3.63, 3.8) is 0 Å². The summed E-state index contributed by atoms with van der Waals surface area (Å²) >= 11 is 0. The first-order valence-corrected chi connectivity index (χ1v) is 12.9. The molecule has 1 saturated heterocycles. The molecule has 0 spiro atoms. The number of rotatable bonds is 12. The summed E-state index contributed by atoms with van der Waals surface area (Å²) in [6.07, 6.45) is 10.7. The molecule has 0 aromatic carbocycles. The molecule has 34 heavy (non-hydrogen) atoms. The summed E-state index contributed by atoms with van der Waals surface area (Å²) in [6, 6.07) is 4.55. The van der Waals surface area contributed by atoms with Gasteiger partial charge in [0.1, 0.15) is 5.82 Å². The largest absolute Gasteiger partial charge is 0.466 e. The smallest absolute Gasteiger partial charge is 0.306 e. The number of nitrogens with one attached hydrogen (secondary N) is 1. The molecule has 0 saturated carbocycles. The van der Waals surface area contributed by atoms with E-state index in [-0.39, 0.29) is 29.8 Å². The number of aryl methyl sites for hydroxylation is 2. The number of nitrogens with zero attached hydrogens (tertiary/aromatic N) is 2. The zero-order chi connectivity index (χ0) is 24.5. The van der Waals surface area contributed by atoms with E-state index in [1.54, 1.807) is 0 Å². The molecule has 1 fully saturated rings. The van der Waals surface area contributed by atoms with Gasteiger partial charge in [-0.15, -0.1) is 0 Å². The normalized spacial score (nSPS) is 21.1. The number of hydrogen-bond donors (Lipinski definition) is 1. The van der Waals surface area contributed by atoms with Crippen molar-refractivity contribution >= 4 is 17.7 Å². The van der Waals surface area contributed by atoms with E-state index in [0.717, 1.165) is 75.1 Å². The molecule has 1 amide bonds. The third-order valence-electron chi connectivity index (χ3n) is 7.20. The van der Waals surface area contributed by atoms with Crippen LogP contribution in [0.2, 0.25) is 0 Å². The lowest BCUT2D eigenvalue weighted by molar-refractivity contribution is -0.144. The van der Waals surface area contributed by atoms with Crippen LogP contribution in [-0.2, 0) is 27.2 Å². The van der Waals surface area contributed by atoms with Crippen LogP contribution in [0.4, 0.5) is 5.82 Å². The molecule has 6 heteroatoms. The van der Waals surface area contributed by atoms with Crippen molar-refractivity contribution in [2.45, 2.75) is 78.2 Å². The molecule has 3 atom stereocenters. The van der Waals surface area contributed by atoms with Crippen molar-refractivity contribution in [1.82, 2.24) is 9.88 Å². The number of pyridine rings is 1.